The minimum Gasteiger partial charge on any atom is -0.333 e. The molecule has 0 unspecified atom stereocenters. The van der Waals surface area contributed by atoms with E-state index in [1.807, 2.05) is 12.1 Å². The van der Waals surface area contributed by atoms with Crippen LogP contribution in [0, 0.1) is 0 Å². The van der Waals surface area contributed by atoms with E-state index < -0.39 is 18.3 Å². The third kappa shape index (κ3) is 2.19. The molecule has 6 heteroatoms. The number of nitrogens with zero attached hydrogens (tertiary/aromatic N) is 1. The first-order chi connectivity index (χ1) is 8.43. The lowest BCUT2D eigenvalue weighted by molar-refractivity contribution is -0.181. The zero-order chi connectivity index (χ0) is 13.3. The Bertz CT molecular complexity index is 461. The fourth-order valence-electron chi connectivity index (χ4n) is 1.97. The van der Waals surface area contributed by atoms with E-state index in [1.165, 1.54) is 0 Å². The molecule has 1 aliphatic heterocycles. The molecule has 1 aromatic rings. The molecule has 0 bridgehead atoms. The number of carbonyl (C=O) groups is 1. The predicted octanol–water partition coefficient (Wildman–Crippen LogP) is 2.47. The lowest BCUT2D eigenvalue weighted by atomic mass is 9.99. The number of benzene rings is 1. The molecule has 0 radical (unpaired) electrons. The Kier molecular flexibility index (Phi) is 3.28. The molecule has 2 rings (SSSR count). The Morgan fingerprint density at radius 3 is 2.44 bits per heavy atom. The zero-order valence-electron chi connectivity index (χ0n) is 9.38. The van der Waals surface area contributed by atoms with Crippen molar-refractivity contribution in [1.82, 2.24) is 4.90 Å². The molecule has 1 heterocycles. The van der Waals surface area contributed by atoms with E-state index in [0.717, 1.165) is 16.0 Å². The van der Waals surface area contributed by atoms with Gasteiger partial charge in [-0.1, -0.05) is 24.3 Å². The van der Waals surface area contributed by atoms with Gasteiger partial charge in [0.15, 0.2) is 0 Å². The van der Waals surface area contributed by atoms with Gasteiger partial charge >= 0.3 is 12.3 Å². The van der Waals surface area contributed by atoms with E-state index in [2.05, 4.69) is 0 Å². The lowest BCUT2D eigenvalue weighted by Crippen LogP contribution is -2.49. The molecular weight excluding hydrogens is 250 g/mol. The van der Waals surface area contributed by atoms with Crippen LogP contribution in [0.25, 0.3) is 0 Å². The molecule has 98 valence electrons. The molecule has 2 nitrogen and oxygen atoms in total. The highest BCUT2D eigenvalue weighted by Crippen LogP contribution is 2.28. The molecule has 0 saturated carbocycles. The Balaban J connectivity index is 2.17. The van der Waals surface area contributed by atoms with Gasteiger partial charge in [-0.2, -0.15) is 8.78 Å². The number of alkyl halides is 4. The summed E-state index contributed by atoms with van der Waals surface area (Å²) in [7, 11) is 0. The van der Waals surface area contributed by atoms with Gasteiger partial charge in [0.05, 0.1) is 0 Å². The summed E-state index contributed by atoms with van der Waals surface area (Å²) in [5, 5.41) is 0. The topological polar surface area (TPSA) is 20.3 Å². The maximum Gasteiger partial charge on any atom is 0.383 e. The van der Waals surface area contributed by atoms with Crippen LogP contribution >= 0.6 is 0 Å². The van der Waals surface area contributed by atoms with E-state index in [1.54, 1.807) is 12.1 Å². The molecule has 0 saturated heterocycles. The molecule has 0 atom stereocenters. The van der Waals surface area contributed by atoms with Gasteiger partial charge in [0.1, 0.15) is 0 Å². The fourth-order valence-corrected chi connectivity index (χ4v) is 1.97. The first-order valence-corrected chi connectivity index (χ1v) is 5.45. The van der Waals surface area contributed by atoms with Crippen LogP contribution in [-0.4, -0.2) is 29.7 Å². The van der Waals surface area contributed by atoms with Gasteiger partial charge < -0.3 is 4.90 Å². The fraction of sp³-hybridized carbons (Fsp3) is 0.417. The summed E-state index contributed by atoms with van der Waals surface area (Å²) in [5.41, 5.74) is 1.68. The number of amides is 1. The summed E-state index contributed by atoms with van der Waals surface area (Å²) < 4.78 is 50.2. The average Bonchev–Trinajstić information content (AvgIpc) is 2.37. The van der Waals surface area contributed by atoms with E-state index >= 15 is 0 Å². The number of carbonyl (C=O) groups excluding carboxylic acids is 1. The predicted molar refractivity (Wildman–Crippen MR) is 56.5 cm³/mol. The van der Waals surface area contributed by atoms with Crippen LogP contribution in [-0.2, 0) is 17.8 Å². The van der Waals surface area contributed by atoms with Crippen LogP contribution in [0.4, 0.5) is 17.6 Å². The van der Waals surface area contributed by atoms with Gasteiger partial charge in [0.25, 0.3) is 5.91 Å². The Morgan fingerprint density at radius 1 is 1.22 bits per heavy atom. The van der Waals surface area contributed by atoms with Crippen LogP contribution in [0.2, 0.25) is 0 Å². The van der Waals surface area contributed by atoms with Crippen molar-refractivity contribution >= 4 is 5.91 Å². The Labute approximate surface area is 101 Å². The molecule has 0 aliphatic carbocycles. The molecule has 1 amide bonds. The summed E-state index contributed by atoms with van der Waals surface area (Å²) >= 11 is 0. The van der Waals surface area contributed by atoms with Gasteiger partial charge in [0.2, 0.25) is 0 Å². The third-order valence-corrected chi connectivity index (χ3v) is 2.98. The minimum absolute atomic E-state index is 0.0398. The standard InChI is InChI=1S/C12H11F4NO/c13-10(14)12(15,16)11(18)17-6-5-8-3-1-2-4-9(8)7-17/h1-4,10H,5-7H2. The molecular formula is C12H11F4NO. The number of rotatable bonds is 2. The van der Waals surface area contributed by atoms with Crippen LogP contribution in [0.1, 0.15) is 11.1 Å². The van der Waals surface area contributed by atoms with Gasteiger partial charge in [0, 0.05) is 13.1 Å². The third-order valence-electron chi connectivity index (χ3n) is 2.98. The summed E-state index contributed by atoms with van der Waals surface area (Å²) in [5.74, 6) is -6.40. The van der Waals surface area contributed by atoms with Crippen molar-refractivity contribution in [2.45, 2.75) is 25.3 Å². The second kappa shape index (κ2) is 4.59. The van der Waals surface area contributed by atoms with Crippen LogP contribution in [0.15, 0.2) is 24.3 Å². The molecule has 18 heavy (non-hydrogen) atoms. The maximum atomic E-state index is 13.0. The van der Waals surface area contributed by atoms with Crippen LogP contribution in [0.3, 0.4) is 0 Å². The average molecular weight is 261 g/mol. The maximum absolute atomic E-state index is 13.0. The molecule has 0 aromatic heterocycles. The molecule has 1 aromatic carbocycles. The first-order valence-electron chi connectivity index (χ1n) is 5.45. The smallest absolute Gasteiger partial charge is 0.333 e. The summed E-state index contributed by atoms with van der Waals surface area (Å²) in [6, 6.07) is 7.07. The molecule has 0 N–H and O–H groups in total. The normalized spacial score (nSPS) is 15.7. The molecule has 0 spiro atoms. The quantitative estimate of drug-likeness (QED) is 0.749. The van der Waals surface area contributed by atoms with Crippen molar-refractivity contribution in [3.8, 4) is 0 Å². The molecule has 1 aliphatic rings. The molecule has 0 fully saturated rings. The monoisotopic (exact) mass is 261 g/mol. The van der Waals surface area contributed by atoms with Crippen molar-refractivity contribution in [2.75, 3.05) is 6.54 Å². The number of halogens is 4. The zero-order valence-corrected chi connectivity index (χ0v) is 9.38. The Hall–Kier alpha value is -1.59. The van der Waals surface area contributed by atoms with E-state index in [0.29, 0.717) is 6.42 Å². The largest absolute Gasteiger partial charge is 0.383 e. The number of hydrogen-bond donors (Lipinski definition) is 0. The SMILES string of the molecule is O=C(N1CCc2ccccc2C1)C(F)(F)C(F)F. The summed E-state index contributed by atoms with van der Waals surface area (Å²) in [6.07, 6.45) is -3.57. The number of fused-ring (bicyclic) bond motifs is 1. The van der Waals surface area contributed by atoms with Gasteiger partial charge in [-0.25, -0.2) is 8.78 Å². The summed E-state index contributed by atoms with van der Waals surface area (Å²) in [4.78, 5) is 12.2. The van der Waals surface area contributed by atoms with Crippen molar-refractivity contribution in [3.63, 3.8) is 0 Å². The number of hydrogen-bond acceptors (Lipinski definition) is 1. The van der Waals surface area contributed by atoms with Crippen molar-refractivity contribution in [3.05, 3.63) is 35.4 Å². The Morgan fingerprint density at radius 2 is 1.83 bits per heavy atom. The van der Waals surface area contributed by atoms with Crippen molar-refractivity contribution < 1.29 is 22.4 Å². The van der Waals surface area contributed by atoms with Crippen molar-refractivity contribution in [1.29, 1.82) is 0 Å². The highest BCUT2D eigenvalue weighted by atomic mass is 19.3. The minimum atomic E-state index is -4.60. The summed E-state index contributed by atoms with van der Waals surface area (Å²) in [6.45, 7) is -0.00449. The van der Waals surface area contributed by atoms with Gasteiger partial charge in [-0.15, -0.1) is 0 Å². The highest BCUT2D eigenvalue weighted by molar-refractivity contribution is 5.84. The van der Waals surface area contributed by atoms with E-state index in [9.17, 15) is 22.4 Å². The van der Waals surface area contributed by atoms with E-state index in [4.69, 9.17) is 0 Å². The van der Waals surface area contributed by atoms with Crippen LogP contribution < -0.4 is 0 Å². The van der Waals surface area contributed by atoms with Gasteiger partial charge in [-0.05, 0) is 17.5 Å². The highest BCUT2D eigenvalue weighted by Gasteiger charge is 2.51. The lowest BCUT2D eigenvalue weighted by Gasteiger charge is -2.31. The van der Waals surface area contributed by atoms with E-state index in [-0.39, 0.29) is 13.1 Å². The second-order valence-electron chi connectivity index (χ2n) is 4.17. The van der Waals surface area contributed by atoms with Crippen molar-refractivity contribution in [2.24, 2.45) is 0 Å². The van der Waals surface area contributed by atoms with Crippen LogP contribution in [0.5, 0.6) is 0 Å². The second-order valence-corrected chi connectivity index (χ2v) is 4.17. The van der Waals surface area contributed by atoms with Gasteiger partial charge in [-0.3, -0.25) is 4.79 Å². The first kappa shape index (κ1) is 12.9.